The Morgan fingerprint density at radius 2 is 1.95 bits per heavy atom. The third kappa shape index (κ3) is 5.14. The van der Waals surface area contributed by atoms with Crippen LogP contribution in [-0.2, 0) is 30.4 Å². The summed E-state index contributed by atoms with van der Waals surface area (Å²) >= 11 is 0. The van der Waals surface area contributed by atoms with Gasteiger partial charge in [-0.15, -0.1) is 0 Å². The largest absolute Gasteiger partial charge is 0.485 e. The van der Waals surface area contributed by atoms with Crippen molar-refractivity contribution in [3.63, 3.8) is 0 Å². The van der Waals surface area contributed by atoms with Gasteiger partial charge in [-0.2, -0.15) is 4.36 Å². The predicted octanol–water partition coefficient (Wildman–Crippen LogP) is 4.51. The summed E-state index contributed by atoms with van der Waals surface area (Å²) in [6, 6.07) is 8.39. The van der Waals surface area contributed by atoms with Gasteiger partial charge in [0.15, 0.2) is 6.10 Å². The zero-order valence-electron chi connectivity index (χ0n) is 21.6. The van der Waals surface area contributed by atoms with Gasteiger partial charge in [0.1, 0.15) is 24.0 Å². The second kappa shape index (κ2) is 10.5. The maximum atomic E-state index is 14.3. The zero-order chi connectivity index (χ0) is 26.3. The molecule has 3 aliphatic heterocycles. The summed E-state index contributed by atoms with van der Waals surface area (Å²) in [6.45, 7) is 4.29. The molecule has 3 aliphatic rings. The zero-order valence-corrected chi connectivity index (χ0v) is 22.4. The van der Waals surface area contributed by atoms with E-state index in [0.717, 1.165) is 47.0 Å². The van der Waals surface area contributed by atoms with E-state index in [2.05, 4.69) is 14.3 Å². The number of aryl methyl sites for hydroxylation is 1. The van der Waals surface area contributed by atoms with Crippen LogP contribution in [0, 0.1) is 12.7 Å². The van der Waals surface area contributed by atoms with Crippen LogP contribution in [0.25, 0.3) is 10.9 Å². The van der Waals surface area contributed by atoms with Crippen molar-refractivity contribution in [2.24, 2.45) is 4.36 Å². The molecule has 0 bridgehead atoms. The number of fused-ring (bicyclic) bond motifs is 2. The second-order valence-corrected chi connectivity index (χ2v) is 12.9. The van der Waals surface area contributed by atoms with Gasteiger partial charge in [-0.25, -0.2) is 18.6 Å². The summed E-state index contributed by atoms with van der Waals surface area (Å²) < 4.78 is 55.6. The van der Waals surface area contributed by atoms with Crippen LogP contribution in [-0.4, -0.2) is 70.4 Å². The van der Waals surface area contributed by atoms with Crippen LogP contribution in [0.2, 0.25) is 0 Å². The van der Waals surface area contributed by atoms with Gasteiger partial charge in [-0.1, -0.05) is 6.07 Å². The fraction of sp³-hybridized carbons (Fsp3) is 0.500. The van der Waals surface area contributed by atoms with Crippen LogP contribution in [0.4, 0.5) is 10.1 Å². The molecular formula is C28H32FN3O5S. The predicted molar refractivity (Wildman–Crippen MR) is 142 cm³/mol. The van der Waals surface area contributed by atoms with E-state index in [9.17, 15) is 8.60 Å². The van der Waals surface area contributed by atoms with Gasteiger partial charge in [0.2, 0.25) is 0 Å². The van der Waals surface area contributed by atoms with Crippen LogP contribution < -0.4 is 4.74 Å². The lowest BCUT2D eigenvalue weighted by molar-refractivity contribution is 0.0304. The standard InChI is InChI=1S/C28H32FN3O5S/c1-17-11-20(32-38(2,33)21-5-8-34-9-6-21)14-23-27(17)22(30-16-31-23)12-18-3-4-19(29)13-25(18)37-26-15-36-24-7-10-35-28(24)26/h3-4,11,13-14,16,21,24,26,28H,5-10,12,15H2,1-2H3/t24-,26-,28+,38?/m1/s1. The molecule has 8 nitrogen and oxygen atoms in total. The third-order valence-corrected chi connectivity index (χ3v) is 9.94. The van der Waals surface area contributed by atoms with Crippen LogP contribution in [0.1, 0.15) is 36.1 Å². The maximum absolute atomic E-state index is 14.3. The minimum absolute atomic E-state index is 0.0142. The van der Waals surface area contributed by atoms with Crippen molar-refractivity contribution in [3.05, 3.63) is 59.3 Å². The quantitative estimate of drug-likeness (QED) is 0.453. The van der Waals surface area contributed by atoms with E-state index in [0.29, 0.717) is 44.3 Å². The molecule has 3 aromatic rings. The molecule has 0 saturated carbocycles. The highest BCUT2D eigenvalue weighted by Crippen LogP contribution is 2.34. The van der Waals surface area contributed by atoms with E-state index in [4.69, 9.17) is 18.9 Å². The fourth-order valence-electron chi connectivity index (χ4n) is 5.70. The molecule has 4 atom stereocenters. The summed E-state index contributed by atoms with van der Waals surface area (Å²) in [6.07, 6.45) is 5.66. The molecule has 3 fully saturated rings. The van der Waals surface area contributed by atoms with Crippen molar-refractivity contribution >= 4 is 26.3 Å². The van der Waals surface area contributed by atoms with Gasteiger partial charge < -0.3 is 18.9 Å². The Bertz CT molecular complexity index is 1470. The van der Waals surface area contributed by atoms with Crippen LogP contribution in [0.5, 0.6) is 5.75 Å². The highest BCUT2D eigenvalue weighted by Gasteiger charge is 2.43. The number of benzene rings is 2. The highest BCUT2D eigenvalue weighted by molar-refractivity contribution is 7.93. The molecule has 38 heavy (non-hydrogen) atoms. The number of rotatable bonds is 6. The summed E-state index contributed by atoms with van der Waals surface area (Å²) in [4.78, 5) is 9.07. The Kier molecular flexibility index (Phi) is 7.07. The lowest BCUT2D eigenvalue weighted by Crippen LogP contribution is -2.32. The third-order valence-electron chi connectivity index (χ3n) is 7.66. The first kappa shape index (κ1) is 25.6. The van der Waals surface area contributed by atoms with E-state index < -0.39 is 9.73 Å². The molecule has 3 saturated heterocycles. The molecule has 1 aromatic heterocycles. The van der Waals surface area contributed by atoms with Crippen molar-refractivity contribution in [1.82, 2.24) is 9.97 Å². The topological polar surface area (TPSA) is 92.1 Å². The average molecular weight is 542 g/mol. The Labute approximate surface area is 222 Å². The van der Waals surface area contributed by atoms with E-state index in [1.54, 1.807) is 12.3 Å². The van der Waals surface area contributed by atoms with Gasteiger partial charge >= 0.3 is 0 Å². The molecular weight excluding hydrogens is 509 g/mol. The minimum atomic E-state index is -2.43. The summed E-state index contributed by atoms with van der Waals surface area (Å²) in [5.41, 5.74) is 3.94. The minimum Gasteiger partial charge on any atom is -0.485 e. The Morgan fingerprint density at radius 1 is 1.11 bits per heavy atom. The second-order valence-electron chi connectivity index (χ2n) is 10.3. The molecule has 0 spiro atoms. The van der Waals surface area contributed by atoms with Crippen molar-refractivity contribution in [3.8, 4) is 5.75 Å². The van der Waals surface area contributed by atoms with Gasteiger partial charge in [0.25, 0.3) is 0 Å². The average Bonchev–Trinajstić information content (AvgIpc) is 3.51. The molecule has 2 aromatic carbocycles. The van der Waals surface area contributed by atoms with Crippen molar-refractivity contribution < 1.29 is 27.5 Å². The van der Waals surface area contributed by atoms with E-state index in [-0.39, 0.29) is 29.4 Å². The number of ether oxygens (including phenoxy) is 4. The Hall–Kier alpha value is -2.66. The van der Waals surface area contributed by atoms with Gasteiger partial charge in [0.05, 0.1) is 39.3 Å². The summed E-state index contributed by atoms with van der Waals surface area (Å²) in [5, 5.41) is 0.916. The van der Waals surface area contributed by atoms with Crippen LogP contribution in [0.3, 0.4) is 0 Å². The number of halogens is 1. The molecule has 10 heteroatoms. The van der Waals surface area contributed by atoms with Crippen molar-refractivity contribution in [1.29, 1.82) is 0 Å². The van der Waals surface area contributed by atoms with Gasteiger partial charge in [0, 0.05) is 54.8 Å². The Balaban J connectivity index is 1.31. The smallest absolute Gasteiger partial charge is 0.150 e. The molecule has 4 heterocycles. The van der Waals surface area contributed by atoms with Gasteiger partial charge in [-0.3, -0.25) is 0 Å². The molecule has 0 aliphatic carbocycles. The van der Waals surface area contributed by atoms with Crippen molar-refractivity contribution in [2.45, 2.75) is 56.2 Å². The van der Waals surface area contributed by atoms with E-state index in [1.807, 2.05) is 19.1 Å². The van der Waals surface area contributed by atoms with Crippen LogP contribution >= 0.6 is 0 Å². The normalized spacial score (nSPS) is 25.3. The summed E-state index contributed by atoms with van der Waals surface area (Å²) in [7, 11) is -2.43. The highest BCUT2D eigenvalue weighted by atomic mass is 32.2. The lowest BCUT2D eigenvalue weighted by atomic mass is 10.0. The first-order valence-electron chi connectivity index (χ1n) is 13.1. The molecule has 202 valence electrons. The monoisotopic (exact) mass is 541 g/mol. The van der Waals surface area contributed by atoms with Crippen LogP contribution in [0.15, 0.2) is 41.0 Å². The first-order chi connectivity index (χ1) is 18.4. The Morgan fingerprint density at radius 3 is 2.79 bits per heavy atom. The fourth-order valence-corrected chi connectivity index (χ4v) is 7.44. The number of hydrogen-bond donors (Lipinski definition) is 0. The molecule has 1 unspecified atom stereocenters. The SMILES string of the molecule is Cc1cc(N=S(C)(=O)C2CCOCC2)cc2ncnc(Cc3ccc(F)cc3O[C@@H]3CO[C@@H]4CCO[C@@H]43)c12. The molecule has 0 N–H and O–H groups in total. The van der Waals surface area contributed by atoms with Crippen molar-refractivity contribution in [2.75, 3.05) is 32.7 Å². The molecule has 0 amide bonds. The number of aromatic nitrogens is 2. The van der Waals surface area contributed by atoms with E-state index in [1.165, 1.54) is 18.5 Å². The molecule has 6 rings (SSSR count). The maximum Gasteiger partial charge on any atom is 0.150 e. The summed E-state index contributed by atoms with van der Waals surface area (Å²) in [5.74, 6) is 0.0993. The number of nitrogens with zero attached hydrogens (tertiary/aromatic N) is 3. The lowest BCUT2D eigenvalue weighted by Gasteiger charge is -2.23. The first-order valence-corrected chi connectivity index (χ1v) is 15.1. The number of hydrogen-bond acceptors (Lipinski definition) is 8. The van der Waals surface area contributed by atoms with Gasteiger partial charge in [-0.05, 0) is 49.9 Å². The van der Waals surface area contributed by atoms with E-state index >= 15 is 0 Å². The molecule has 0 radical (unpaired) electrons.